The molecule has 96 valence electrons. The zero-order valence-corrected chi connectivity index (χ0v) is 11.2. The average Bonchev–Trinajstić information content (AvgIpc) is 2.33. The molecule has 1 rings (SSSR count). The molecule has 0 amide bonds. The van der Waals surface area contributed by atoms with E-state index in [1.165, 1.54) is 18.9 Å². The predicted molar refractivity (Wildman–Crippen MR) is 71.4 cm³/mol. The first-order valence-corrected chi connectivity index (χ1v) is 6.61. The molecule has 0 aliphatic rings. The van der Waals surface area contributed by atoms with Crippen molar-refractivity contribution in [2.45, 2.75) is 52.5 Å². The van der Waals surface area contributed by atoms with Crippen LogP contribution >= 0.6 is 0 Å². The first kappa shape index (κ1) is 14.2. The van der Waals surface area contributed by atoms with Gasteiger partial charge in [-0.1, -0.05) is 50.8 Å². The van der Waals surface area contributed by atoms with E-state index in [4.69, 9.17) is 5.73 Å². The average molecular weight is 237 g/mol. The van der Waals surface area contributed by atoms with E-state index >= 15 is 0 Å². The maximum atomic E-state index is 13.8. The fourth-order valence-electron chi connectivity index (χ4n) is 2.28. The summed E-state index contributed by atoms with van der Waals surface area (Å²) in [5.41, 5.74) is 7.97. The molecule has 0 radical (unpaired) electrons. The van der Waals surface area contributed by atoms with Gasteiger partial charge in [-0.2, -0.15) is 0 Å². The number of hydrogen-bond acceptors (Lipinski definition) is 1. The van der Waals surface area contributed by atoms with Gasteiger partial charge < -0.3 is 5.73 Å². The lowest BCUT2D eigenvalue weighted by molar-refractivity contribution is 0.369. The molecule has 1 nitrogen and oxygen atoms in total. The monoisotopic (exact) mass is 237 g/mol. The largest absolute Gasteiger partial charge is 0.324 e. The third-order valence-electron chi connectivity index (χ3n) is 3.47. The summed E-state index contributed by atoms with van der Waals surface area (Å²) < 4.78 is 13.8. The van der Waals surface area contributed by atoms with E-state index in [0.717, 1.165) is 18.4 Å². The van der Waals surface area contributed by atoms with Crippen LogP contribution in [-0.4, -0.2) is 0 Å². The van der Waals surface area contributed by atoms with Crippen LogP contribution in [0, 0.1) is 18.7 Å². The fourth-order valence-corrected chi connectivity index (χ4v) is 2.28. The normalized spacial score (nSPS) is 14.6. The number of hydrogen-bond donors (Lipinski definition) is 1. The lowest BCUT2D eigenvalue weighted by Crippen LogP contribution is -2.22. The standard InChI is InChI=1S/C15H24FN/c1-4-6-7-12(5-2)15(17)13-10-11(3)8-9-14(13)16/h8-10,12,15H,4-7,17H2,1-3H3. The maximum absolute atomic E-state index is 13.8. The second kappa shape index (κ2) is 6.75. The van der Waals surface area contributed by atoms with E-state index in [1.54, 1.807) is 6.07 Å². The summed E-state index contributed by atoms with van der Waals surface area (Å²) in [7, 11) is 0. The van der Waals surface area contributed by atoms with Gasteiger partial charge in [-0.05, 0) is 25.3 Å². The SMILES string of the molecule is CCCCC(CC)C(N)c1cc(C)ccc1F. The minimum atomic E-state index is -0.175. The highest BCUT2D eigenvalue weighted by Gasteiger charge is 2.20. The minimum absolute atomic E-state index is 0.168. The lowest BCUT2D eigenvalue weighted by Gasteiger charge is -2.23. The van der Waals surface area contributed by atoms with Crippen molar-refractivity contribution in [3.8, 4) is 0 Å². The molecule has 0 heterocycles. The van der Waals surface area contributed by atoms with Crippen molar-refractivity contribution in [1.82, 2.24) is 0 Å². The zero-order chi connectivity index (χ0) is 12.8. The molecule has 1 aromatic rings. The van der Waals surface area contributed by atoms with Crippen LogP contribution in [0.1, 0.15) is 56.7 Å². The van der Waals surface area contributed by atoms with Crippen molar-refractivity contribution in [2.75, 3.05) is 0 Å². The number of unbranched alkanes of at least 4 members (excludes halogenated alkanes) is 1. The van der Waals surface area contributed by atoms with E-state index in [2.05, 4.69) is 13.8 Å². The van der Waals surface area contributed by atoms with Crippen LogP contribution in [-0.2, 0) is 0 Å². The van der Waals surface area contributed by atoms with Crippen molar-refractivity contribution < 1.29 is 4.39 Å². The third-order valence-corrected chi connectivity index (χ3v) is 3.47. The Balaban J connectivity index is 2.85. The summed E-state index contributed by atoms with van der Waals surface area (Å²) in [5, 5.41) is 0. The molecule has 0 aliphatic heterocycles. The smallest absolute Gasteiger partial charge is 0.127 e. The quantitative estimate of drug-likeness (QED) is 0.782. The van der Waals surface area contributed by atoms with E-state index in [1.807, 2.05) is 13.0 Å². The molecule has 0 saturated carbocycles. The second-order valence-electron chi connectivity index (χ2n) is 4.86. The summed E-state index contributed by atoms with van der Waals surface area (Å²) in [6.07, 6.45) is 4.43. The van der Waals surface area contributed by atoms with Gasteiger partial charge in [0.25, 0.3) is 0 Å². The zero-order valence-electron chi connectivity index (χ0n) is 11.2. The van der Waals surface area contributed by atoms with Gasteiger partial charge in [-0.3, -0.25) is 0 Å². The molecule has 0 bridgehead atoms. The highest BCUT2D eigenvalue weighted by atomic mass is 19.1. The summed E-state index contributed by atoms with van der Waals surface area (Å²) in [6, 6.07) is 5.02. The molecule has 1 aromatic carbocycles. The Labute approximate surface area is 104 Å². The van der Waals surface area contributed by atoms with Crippen LogP contribution in [0.5, 0.6) is 0 Å². The van der Waals surface area contributed by atoms with Gasteiger partial charge in [0, 0.05) is 11.6 Å². The van der Waals surface area contributed by atoms with Crippen molar-refractivity contribution in [1.29, 1.82) is 0 Å². The maximum Gasteiger partial charge on any atom is 0.127 e. The van der Waals surface area contributed by atoms with Crippen LogP contribution in [0.3, 0.4) is 0 Å². The summed E-state index contributed by atoms with van der Waals surface area (Å²) in [6.45, 7) is 6.28. The molecule has 2 heteroatoms. The summed E-state index contributed by atoms with van der Waals surface area (Å²) >= 11 is 0. The van der Waals surface area contributed by atoms with Crippen molar-refractivity contribution >= 4 is 0 Å². The van der Waals surface area contributed by atoms with E-state index in [0.29, 0.717) is 11.5 Å². The van der Waals surface area contributed by atoms with Gasteiger partial charge in [-0.25, -0.2) is 4.39 Å². The minimum Gasteiger partial charge on any atom is -0.324 e. The van der Waals surface area contributed by atoms with Crippen molar-refractivity contribution in [3.63, 3.8) is 0 Å². The Hall–Kier alpha value is -0.890. The number of rotatable bonds is 6. The van der Waals surface area contributed by atoms with Crippen molar-refractivity contribution in [3.05, 3.63) is 35.1 Å². The second-order valence-corrected chi connectivity index (χ2v) is 4.86. The van der Waals surface area contributed by atoms with Crippen LogP contribution in [0.4, 0.5) is 4.39 Å². The molecule has 0 saturated heterocycles. The van der Waals surface area contributed by atoms with Crippen LogP contribution in [0.15, 0.2) is 18.2 Å². The Morgan fingerprint density at radius 3 is 2.59 bits per heavy atom. The Morgan fingerprint density at radius 2 is 2.00 bits per heavy atom. The molecule has 2 atom stereocenters. The van der Waals surface area contributed by atoms with Gasteiger partial charge in [0.2, 0.25) is 0 Å². The Kier molecular flexibility index (Phi) is 5.63. The van der Waals surface area contributed by atoms with Crippen LogP contribution < -0.4 is 5.73 Å². The van der Waals surface area contributed by atoms with Gasteiger partial charge in [0.15, 0.2) is 0 Å². The van der Waals surface area contributed by atoms with Crippen LogP contribution in [0.25, 0.3) is 0 Å². The number of halogens is 1. The van der Waals surface area contributed by atoms with Crippen molar-refractivity contribution in [2.24, 2.45) is 11.7 Å². The molecular weight excluding hydrogens is 213 g/mol. The summed E-state index contributed by atoms with van der Waals surface area (Å²) in [4.78, 5) is 0. The molecule has 0 fully saturated rings. The first-order chi connectivity index (χ1) is 8.10. The number of benzene rings is 1. The first-order valence-electron chi connectivity index (χ1n) is 6.61. The van der Waals surface area contributed by atoms with E-state index in [-0.39, 0.29) is 11.9 Å². The third kappa shape index (κ3) is 3.81. The topological polar surface area (TPSA) is 26.0 Å². The molecular formula is C15H24FN. The number of nitrogens with two attached hydrogens (primary N) is 1. The highest BCUT2D eigenvalue weighted by Crippen LogP contribution is 2.29. The summed E-state index contributed by atoms with van der Waals surface area (Å²) in [5.74, 6) is 0.212. The predicted octanol–water partition coefficient (Wildman–Crippen LogP) is 4.35. The van der Waals surface area contributed by atoms with Crippen LogP contribution in [0.2, 0.25) is 0 Å². The van der Waals surface area contributed by atoms with E-state index < -0.39 is 0 Å². The van der Waals surface area contributed by atoms with Gasteiger partial charge >= 0.3 is 0 Å². The molecule has 0 aliphatic carbocycles. The molecule has 0 spiro atoms. The number of aryl methyl sites for hydroxylation is 1. The van der Waals surface area contributed by atoms with Gasteiger partial charge in [0.1, 0.15) is 5.82 Å². The van der Waals surface area contributed by atoms with Gasteiger partial charge in [-0.15, -0.1) is 0 Å². The molecule has 17 heavy (non-hydrogen) atoms. The molecule has 2 unspecified atom stereocenters. The molecule has 0 aromatic heterocycles. The lowest BCUT2D eigenvalue weighted by atomic mass is 9.87. The fraction of sp³-hybridized carbons (Fsp3) is 0.600. The Morgan fingerprint density at radius 1 is 1.29 bits per heavy atom. The Bertz CT molecular complexity index is 349. The van der Waals surface area contributed by atoms with Gasteiger partial charge in [0.05, 0.1) is 0 Å². The highest BCUT2D eigenvalue weighted by molar-refractivity contribution is 5.27. The molecule has 2 N–H and O–H groups in total. The van der Waals surface area contributed by atoms with E-state index in [9.17, 15) is 4.39 Å².